The Morgan fingerprint density at radius 2 is 2.53 bits per heavy atom. The van der Waals surface area contributed by atoms with E-state index in [1.165, 1.54) is 6.26 Å². The number of hydrogen-bond donors (Lipinski definition) is 1. The van der Waals surface area contributed by atoms with Gasteiger partial charge in [0.05, 0.1) is 25.6 Å². The maximum Gasteiger partial charge on any atom is 0.372 e. The maximum absolute atomic E-state index is 10.7. The molecular weight excluding hydrogens is 200 g/mol. The minimum absolute atomic E-state index is 0.0473. The average molecular weight is 212 g/mol. The molecule has 1 atom stereocenters. The van der Waals surface area contributed by atoms with Crippen molar-refractivity contribution in [1.29, 1.82) is 0 Å². The highest BCUT2D eigenvalue weighted by molar-refractivity contribution is 5.85. The fraction of sp³-hybridized carbons (Fsp3) is 0.500. The lowest BCUT2D eigenvalue weighted by atomic mass is 10.2. The van der Waals surface area contributed by atoms with Crippen LogP contribution in [0, 0.1) is 0 Å². The van der Waals surface area contributed by atoms with Gasteiger partial charge >= 0.3 is 5.97 Å². The van der Waals surface area contributed by atoms with Gasteiger partial charge in [0.2, 0.25) is 5.76 Å². The number of furan rings is 1. The van der Waals surface area contributed by atoms with Crippen molar-refractivity contribution in [1.82, 2.24) is 0 Å². The molecule has 1 N–H and O–H groups in total. The van der Waals surface area contributed by atoms with Crippen LogP contribution < -0.4 is 0 Å². The first-order valence-electron chi connectivity index (χ1n) is 4.76. The summed E-state index contributed by atoms with van der Waals surface area (Å²) in [4.78, 5) is 10.7. The van der Waals surface area contributed by atoms with Crippen molar-refractivity contribution in [3.63, 3.8) is 0 Å². The minimum Gasteiger partial charge on any atom is -0.475 e. The molecule has 1 aliphatic heterocycles. The Kier molecular flexibility index (Phi) is 3.03. The number of rotatable bonds is 4. The highest BCUT2D eigenvalue weighted by atomic mass is 16.5. The van der Waals surface area contributed by atoms with Gasteiger partial charge in [-0.15, -0.1) is 0 Å². The van der Waals surface area contributed by atoms with Crippen molar-refractivity contribution in [2.45, 2.75) is 19.1 Å². The Morgan fingerprint density at radius 1 is 1.67 bits per heavy atom. The SMILES string of the molecule is O=C(O)c1occc1COC1CCOC1. The molecule has 1 unspecified atom stereocenters. The molecule has 1 saturated heterocycles. The maximum atomic E-state index is 10.7. The van der Waals surface area contributed by atoms with Crippen molar-refractivity contribution >= 4 is 5.97 Å². The van der Waals surface area contributed by atoms with E-state index in [9.17, 15) is 4.79 Å². The second kappa shape index (κ2) is 4.46. The van der Waals surface area contributed by atoms with Crippen LogP contribution in [0.5, 0.6) is 0 Å². The van der Waals surface area contributed by atoms with Gasteiger partial charge in [0.15, 0.2) is 0 Å². The normalized spacial score (nSPS) is 20.7. The molecule has 82 valence electrons. The predicted octanol–water partition coefficient (Wildman–Crippen LogP) is 1.28. The van der Waals surface area contributed by atoms with Crippen molar-refractivity contribution in [3.05, 3.63) is 23.7 Å². The van der Waals surface area contributed by atoms with Crippen molar-refractivity contribution in [3.8, 4) is 0 Å². The summed E-state index contributed by atoms with van der Waals surface area (Å²) in [5.41, 5.74) is 0.564. The number of aromatic carboxylic acids is 1. The van der Waals surface area contributed by atoms with E-state index < -0.39 is 5.97 Å². The fourth-order valence-corrected chi connectivity index (χ4v) is 1.49. The third-order valence-electron chi connectivity index (χ3n) is 2.30. The largest absolute Gasteiger partial charge is 0.475 e. The summed E-state index contributed by atoms with van der Waals surface area (Å²) >= 11 is 0. The summed E-state index contributed by atoms with van der Waals surface area (Å²) in [5.74, 6) is -1.12. The van der Waals surface area contributed by atoms with E-state index in [-0.39, 0.29) is 18.5 Å². The smallest absolute Gasteiger partial charge is 0.372 e. The summed E-state index contributed by atoms with van der Waals surface area (Å²) in [5, 5.41) is 8.77. The van der Waals surface area contributed by atoms with E-state index in [2.05, 4.69) is 0 Å². The van der Waals surface area contributed by atoms with Crippen molar-refractivity contribution in [2.24, 2.45) is 0 Å². The number of carbonyl (C=O) groups is 1. The quantitative estimate of drug-likeness (QED) is 0.814. The molecule has 0 aromatic carbocycles. The molecule has 0 bridgehead atoms. The van der Waals surface area contributed by atoms with E-state index in [1.807, 2.05) is 0 Å². The first kappa shape index (κ1) is 10.2. The second-order valence-corrected chi connectivity index (χ2v) is 3.38. The number of ether oxygens (including phenoxy) is 2. The summed E-state index contributed by atoms with van der Waals surface area (Å²) in [7, 11) is 0. The lowest BCUT2D eigenvalue weighted by Gasteiger charge is -2.08. The van der Waals surface area contributed by atoms with Crippen LogP contribution in [0.15, 0.2) is 16.7 Å². The van der Waals surface area contributed by atoms with Crippen LogP contribution in [-0.2, 0) is 16.1 Å². The van der Waals surface area contributed by atoms with Gasteiger partial charge in [-0.2, -0.15) is 0 Å². The molecule has 1 aromatic rings. The Morgan fingerprint density at radius 3 is 3.20 bits per heavy atom. The van der Waals surface area contributed by atoms with Gasteiger partial charge in [0.1, 0.15) is 0 Å². The third-order valence-corrected chi connectivity index (χ3v) is 2.30. The third kappa shape index (κ3) is 2.37. The number of carboxylic acid groups (broad SMARTS) is 1. The van der Waals surface area contributed by atoms with Crippen molar-refractivity contribution in [2.75, 3.05) is 13.2 Å². The zero-order valence-electron chi connectivity index (χ0n) is 8.14. The molecule has 15 heavy (non-hydrogen) atoms. The van der Waals surface area contributed by atoms with Gasteiger partial charge in [0.25, 0.3) is 0 Å². The lowest BCUT2D eigenvalue weighted by Crippen LogP contribution is -2.12. The molecule has 0 aliphatic carbocycles. The molecular formula is C10H12O5. The van der Waals surface area contributed by atoms with Gasteiger partial charge in [-0.3, -0.25) is 0 Å². The molecule has 1 aliphatic rings. The Hall–Kier alpha value is -1.33. The molecule has 1 aromatic heterocycles. The first-order chi connectivity index (χ1) is 7.27. The Balaban J connectivity index is 1.92. The zero-order chi connectivity index (χ0) is 10.7. The monoisotopic (exact) mass is 212 g/mol. The van der Waals surface area contributed by atoms with Crippen molar-refractivity contribution < 1.29 is 23.8 Å². The molecule has 0 amide bonds. The van der Waals surface area contributed by atoms with Crippen LogP contribution in [0.25, 0.3) is 0 Å². The summed E-state index contributed by atoms with van der Waals surface area (Å²) in [6.45, 7) is 1.55. The van der Waals surface area contributed by atoms with Gasteiger partial charge in [-0.25, -0.2) is 4.79 Å². The lowest BCUT2D eigenvalue weighted by molar-refractivity contribution is 0.0303. The minimum atomic E-state index is -1.07. The molecule has 1 fully saturated rings. The highest BCUT2D eigenvalue weighted by Crippen LogP contribution is 2.15. The van der Waals surface area contributed by atoms with E-state index in [0.717, 1.165) is 6.42 Å². The first-order valence-corrected chi connectivity index (χ1v) is 4.76. The summed E-state index contributed by atoms with van der Waals surface area (Å²) in [6.07, 6.45) is 2.29. The van der Waals surface area contributed by atoms with Crippen LogP contribution >= 0.6 is 0 Å². The topological polar surface area (TPSA) is 68.9 Å². The van der Waals surface area contributed by atoms with Crippen LogP contribution in [0.2, 0.25) is 0 Å². The van der Waals surface area contributed by atoms with Crippen LogP contribution in [0.3, 0.4) is 0 Å². The van der Waals surface area contributed by atoms with Gasteiger partial charge < -0.3 is 19.0 Å². The molecule has 5 heteroatoms. The van der Waals surface area contributed by atoms with Gasteiger partial charge in [-0.05, 0) is 12.5 Å². The molecule has 0 spiro atoms. The average Bonchev–Trinajstić information content (AvgIpc) is 2.86. The predicted molar refractivity (Wildman–Crippen MR) is 49.7 cm³/mol. The Labute approximate surface area is 86.6 Å². The van der Waals surface area contributed by atoms with Crippen LogP contribution in [-0.4, -0.2) is 30.4 Å². The molecule has 0 saturated carbocycles. The fourth-order valence-electron chi connectivity index (χ4n) is 1.49. The Bertz CT molecular complexity index is 337. The standard InChI is InChI=1S/C10H12O5/c11-10(12)9-7(1-4-14-9)5-15-8-2-3-13-6-8/h1,4,8H,2-3,5-6H2,(H,11,12). The molecule has 2 rings (SSSR count). The highest BCUT2D eigenvalue weighted by Gasteiger charge is 2.19. The van der Waals surface area contributed by atoms with Gasteiger partial charge in [-0.1, -0.05) is 0 Å². The molecule has 2 heterocycles. The second-order valence-electron chi connectivity index (χ2n) is 3.38. The van der Waals surface area contributed by atoms with E-state index >= 15 is 0 Å². The number of carboxylic acids is 1. The molecule has 5 nitrogen and oxygen atoms in total. The van der Waals surface area contributed by atoms with Gasteiger partial charge in [0, 0.05) is 12.2 Å². The van der Waals surface area contributed by atoms with E-state index in [0.29, 0.717) is 18.8 Å². The zero-order valence-corrected chi connectivity index (χ0v) is 8.14. The van der Waals surface area contributed by atoms with E-state index in [1.54, 1.807) is 6.07 Å². The summed E-state index contributed by atoms with van der Waals surface area (Å²) < 4.78 is 15.5. The number of hydrogen-bond acceptors (Lipinski definition) is 4. The summed E-state index contributed by atoms with van der Waals surface area (Å²) in [6, 6.07) is 1.61. The molecule has 0 radical (unpaired) electrons. The van der Waals surface area contributed by atoms with E-state index in [4.69, 9.17) is 19.0 Å². The van der Waals surface area contributed by atoms with Crippen LogP contribution in [0.1, 0.15) is 22.5 Å². The van der Waals surface area contributed by atoms with Crippen LogP contribution in [0.4, 0.5) is 0 Å².